The molecule has 1 unspecified atom stereocenters. The molecule has 0 radical (unpaired) electrons. The zero-order valence-corrected chi connectivity index (χ0v) is 15.1. The minimum Gasteiger partial charge on any atom is -0.299 e. The fraction of sp³-hybridized carbons (Fsp3) is 0.350. The lowest BCUT2D eigenvalue weighted by atomic mass is 9.93. The van der Waals surface area contributed by atoms with Crippen molar-refractivity contribution in [1.29, 1.82) is 0 Å². The molecule has 0 spiro atoms. The third-order valence-electron chi connectivity index (χ3n) is 4.26. The molecule has 116 valence electrons. The number of carbonyl (C=O) groups excluding carboxylic acids is 1. The van der Waals surface area contributed by atoms with E-state index in [1.54, 1.807) is 0 Å². The van der Waals surface area contributed by atoms with Crippen molar-refractivity contribution in [3.8, 4) is 0 Å². The van der Waals surface area contributed by atoms with E-state index in [9.17, 15) is 4.79 Å². The van der Waals surface area contributed by atoms with Gasteiger partial charge >= 0.3 is 0 Å². The SMILES string of the molecule is CC(C(=O)CCc1ccccc1)c1ccc([Si](C)(C)C)cc1. The third-order valence-corrected chi connectivity index (χ3v) is 6.33. The van der Waals surface area contributed by atoms with Gasteiger partial charge in [-0.25, -0.2) is 0 Å². The predicted octanol–water partition coefficient (Wildman–Crippen LogP) is 4.54. The third kappa shape index (κ3) is 4.41. The Morgan fingerprint density at radius 1 is 0.955 bits per heavy atom. The maximum atomic E-state index is 12.4. The first kappa shape index (κ1) is 16.7. The smallest absolute Gasteiger partial charge is 0.140 e. The highest BCUT2D eigenvalue weighted by Crippen LogP contribution is 2.19. The molecule has 0 aliphatic heterocycles. The van der Waals surface area contributed by atoms with Gasteiger partial charge in [-0.15, -0.1) is 0 Å². The minimum absolute atomic E-state index is 0.0144. The van der Waals surface area contributed by atoms with Gasteiger partial charge in [-0.3, -0.25) is 4.79 Å². The monoisotopic (exact) mass is 310 g/mol. The summed E-state index contributed by atoms with van der Waals surface area (Å²) in [6.07, 6.45) is 1.44. The van der Waals surface area contributed by atoms with Crippen LogP contribution in [-0.2, 0) is 11.2 Å². The van der Waals surface area contributed by atoms with Crippen LogP contribution in [0.1, 0.15) is 30.4 Å². The molecule has 0 fully saturated rings. The van der Waals surface area contributed by atoms with Gasteiger partial charge in [0.05, 0.1) is 8.07 Å². The minimum atomic E-state index is -1.26. The maximum Gasteiger partial charge on any atom is 0.140 e. The topological polar surface area (TPSA) is 17.1 Å². The molecule has 22 heavy (non-hydrogen) atoms. The molecular weight excluding hydrogens is 284 g/mol. The lowest BCUT2D eigenvalue weighted by molar-refractivity contribution is -0.120. The number of carbonyl (C=O) groups is 1. The van der Waals surface area contributed by atoms with Gasteiger partial charge in [0.25, 0.3) is 0 Å². The number of rotatable bonds is 6. The Balaban J connectivity index is 1.98. The van der Waals surface area contributed by atoms with E-state index in [-0.39, 0.29) is 5.92 Å². The summed E-state index contributed by atoms with van der Waals surface area (Å²) in [5.74, 6) is 0.309. The average Bonchev–Trinajstić information content (AvgIpc) is 2.52. The van der Waals surface area contributed by atoms with E-state index in [2.05, 4.69) is 56.0 Å². The standard InChI is InChI=1S/C20H26OSi/c1-16(18-11-13-19(14-12-18)22(2,3)4)20(21)15-10-17-8-6-5-7-9-17/h5-9,11-14,16H,10,15H2,1-4H3. The molecule has 0 saturated carbocycles. The van der Waals surface area contributed by atoms with E-state index in [1.165, 1.54) is 10.8 Å². The molecule has 2 aromatic carbocycles. The largest absolute Gasteiger partial charge is 0.299 e. The van der Waals surface area contributed by atoms with Crippen molar-refractivity contribution in [2.24, 2.45) is 0 Å². The van der Waals surface area contributed by atoms with Crippen LogP contribution in [-0.4, -0.2) is 13.9 Å². The Hall–Kier alpha value is -1.67. The van der Waals surface area contributed by atoms with Gasteiger partial charge < -0.3 is 0 Å². The Labute approximate surface area is 135 Å². The summed E-state index contributed by atoms with van der Waals surface area (Å²) < 4.78 is 0. The quantitative estimate of drug-likeness (QED) is 0.716. The van der Waals surface area contributed by atoms with Crippen LogP contribution in [0.25, 0.3) is 0 Å². The Bertz CT molecular complexity index is 608. The summed E-state index contributed by atoms with van der Waals surface area (Å²) in [7, 11) is -1.26. The molecule has 2 rings (SSSR count). The van der Waals surface area contributed by atoms with Crippen LogP contribution >= 0.6 is 0 Å². The first-order valence-corrected chi connectivity index (χ1v) is 11.5. The molecule has 2 aromatic rings. The maximum absolute atomic E-state index is 12.4. The lowest BCUT2D eigenvalue weighted by Gasteiger charge is -2.18. The first-order valence-electron chi connectivity index (χ1n) is 8.05. The Morgan fingerprint density at radius 3 is 2.09 bits per heavy atom. The molecule has 2 heteroatoms. The summed E-state index contributed by atoms with van der Waals surface area (Å²) in [5.41, 5.74) is 2.37. The molecule has 0 saturated heterocycles. The molecule has 0 bridgehead atoms. The molecular formula is C20H26OSi. The van der Waals surface area contributed by atoms with Crippen molar-refractivity contribution in [3.63, 3.8) is 0 Å². The van der Waals surface area contributed by atoms with Crippen LogP contribution in [0.3, 0.4) is 0 Å². The lowest BCUT2D eigenvalue weighted by Crippen LogP contribution is -2.37. The van der Waals surface area contributed by atoms with Crippen LogP contribution in [0.15, 0.2) is 54.6 Å². The van der Waals surface area contributed by atoms with Crippen molar-refractivity contribution in [3.05, 3.63) is 65.7 Å². The normalized spacial score (nSPS) is 12.9. The number of ketones is 1. The fourth-order valence-corrected chi connectivity index (χ4v) is 3.75. The summed E-state index contributed by atoms with van der Waals surface area (Å²) >= 11 is 0. The summed E-state index contributed by atoms with van der Waals surface area (Å²) in [5, 5.41) is 1.44. The van der Waals surface area contributed by atoms with Gasteiger partial charge in [-0.2, -0.15) is 0 Å². The number of Topliss-reactive ketones (excluding diaryl/α,β-unsaturated/α-hetero) is 1. The molecule has 0 aliphatic carbocycles. The van der Waals surface area contributed by atoms with Gasteiger partial charge in [0.1, 0.15) is 5.78 Å². The molecule has 0 N–H and O–H groups in total. The van der Waals surface area contributed by atoms with E-state index in [4.69, 9.17) is 0 Å². The second-order valence-electron chi connectivity index (χ2n) is 7.05. The number of aryl methyl sites for hydroxylation is 1. The van der Waals surface area contributed by atoms with Gasteiger partial charge in [0.2, 0.25) is 0 Å². The molecule has 0 aromatic heterocycles. The molecule has 1 atom stereocenters. The number of benzene rings is 2. The van der Waals surface area contributed by atoms with Crippen LogP contribution < -0.4 is 5.19 Å². The van der Waals surface area contributed by atoms with Crippen LogP contribution in [0.2, 0.25) is 19.6 Å². The van der Waals surface area contributed by atoms with Crippen molar-refractivity contribution in [2.75, 3.05) is 0 Å². The Kier molecular flexibility index (Phi) is 5.36. The van der Waals surface area contributed by atoms with Crippen molar-refractivity contribution < 1.29 is 4.79 Å². The van der Waals surface area contributed by atoms with E-state index in [0.717, 1.165) is 12.0 Å². The second kappa shape index (κ2) is 7.06. The highest BCUT2D eigenvalue weighted by atomic mass is 28.3. The number of hydrogen-bond acceptors (Lipinski definition) is 1. The van der Waals surface area contributed by atoms with Crippen LogP contribution in [0.5, 0.6) is 0 Å². The van der Waals surface area contributed by atoms with E-state index < -0.39 is 8.07 Å². The van der Waals surface area contributed by atoms with Gasteiger partial charge in [0.15, 0.2) is 0 Å². The molecule has 0 aliphatic rings. The highest BCUT2D eigenvalue weighted by Gasteiger charge is 2.18. The van der Waals surface area contributed by atoms with Gasteiger partial charge in [0, 0.05) is 12.3 Å². The van der Waals surface area contributed by atoms with E-state index >= 15 is 0 Å². The van der Waals surface area contributed by atoms with Gasteiger partial charge in [-0.1, -0.05) is 86.3 Å². The summed E-state index contributed by atoms with van der Waals surface area (Å²) in [6.45, 7) is 9.06. The molecule has 0 heterocycles. The molecule has 1 nitrogen and oxygen atoms in total. The second-order valence-corrected chi connectivity index (χ2v) is 12.1. The van der Waals surface area contributed by atoms with Crippen LogP contribution in [0, 0.1) is 0 Å². The van der Waals surface area contributed by atoms with E-state index in [0.29, 0.717) is 12.2 Å². The predicted molar refractivity (Wildman–Crippen MR) is 97.6 cm³/mol. The summed E-state index contributed by atoms with van der Waals surface area (Å²) in [4.78, 5) is 12.4. The Morgan fingerprint density at radius 2 is 1.55 bits per heavy atom. The fourth-order valence-electron chi connectivity index (χ4n) is 2.59. The zero-order chi connectivity index (χ0) is 16.2. The van der Waals surface area contributed by atoms with Crippen LogP contribution in [0.4, 0.5) is 0 Å². The summed E-state index contributed by atoms with van der Waals surface area (Å²) in [6, 6.07) is 18.9. The van der Waals surface area contributed by atoms with Crippen molar-refractivity contribution in [2.45, 2.75) is 45.3 Å². The zero-order valence-electron chi connectivity index (χ0n) is 14.1. The molecule has 0 amide bonds. The highest BCUT2D eigenvalue weighted by molar-refractivity contribution is 6.88. The average molecular weight is 311 g/mol. The van der Waals surface area contributed by atoms with Crippen molar-refractivity contribution in [1.82, 2.24) is 0 Å². The first-order chi connectivity index (χ1) is 10.4. The van der Waals surface area contributed by atoms with Crippen molar-refractivity contribution >= 4 is 19.0 Å². The van der Waals surface area contributed by atoms with E-state index in [1.807, 2.05) is 25.1 Å². The van der Waals surface area contributed by atoms with Gasteiger partial charge in [-0.05, 0) is 17.5 Å². The number of hydrogen-bond donors (Lipinski definition) is 0.